The highest BCUT2D eigenvalue weighted by molar-refractivity contribution is 7.60. The topological polar surface area (TPSA) is 0 Å². The summed E-state index contributed by atoms with van der Waals surface area (Å²) in [6.07, 6.45) is 2.36. The van der Waals surface area contributed by atoms with Crippen molar-refractivity contribution in [2.75, 3.05) is 0 Å². The standard InChI is InChI=1S/C21H18P/c1-4-10-19(11-5-1)16-22(17-20-12-6-2-7-13-20)18-21-14-8-3-9-15-21/h1-18H. The minimum Gasteiger partial charge on any atom is -0.115 e. The van der Waals surface area contributed by atoms with Gasteiger partial charge in [-0.2, -0.15) is 0 Å². The lowest BCUT2D eigenvalue weighted by Crippen LogP contribution is -1.83. The normalized spacial score (nSPS) is 11.5. The van der Waals surface area contributed by atoms with Crippen molar-refractivity contribution in [3.63, 3.8) is 0 Å². The van der Waals surface area contributed by atoms with Gasteiger partial charge in [-0.3, -0.25) is 0 Å². The zero-order chi connectivity index (χ0) is 15.0. The van der Waals surface area contributed by atoms with Crippen molar-refractivity contribution >= 4 is 18.8 Å². The molecule has 3 aromatic carbocycles. The van der Waals surface area contributed by atoms with Crippen molar-refractivity contribution in [2.24, 2.45) is 0 Å². The van der Waals surface area contributed by atoms with Crippen LogP contribution < -0.4 is 0 Å². The lowest BCUT2D eigenvalue weighted by Gasteiger charge is -2.01. The Morgan fingerprint density at radius 1 is 0.455 bits per heavy atom. The average Bonchev–Trinajstić information content (AvgIpc) is 2.57. The van der Waals surface area contributed by atoms with E-state index < -0.39 is 7.17 Å². The summed E-state index contributed by atoms with van der Waals surface area (Å²) < 4.78 is 0. The molecule has 1 radical (unpaired) electrons. The van der Waals surface area contributed by atoms with Crippen LogP contribution in [0.2, 0.25) is 0 Å². The third-order valence-corrected chi connectivity index (χ3v) is 5.08. The first kappa shape index (κ1) is 14.6. The summed E-state index contributed by atoms with van der Waals surface area (Å²) in [6.45, 7) is 0. The van der Waals surface area contributed by atoms with E-state index in [9.17, 15) is 0 Å². The van der Waals surface area contributed by atoms with Crippen LogP contribution in [-0.4, -0.2) is 11.6 Å². The number of hydrogen-bond donors (Lipinski definition) is 0. The molecule has 0 spiro atoms. The average molecular weight is 301 g/mol. The largest absolute Gasteiger partial charge is 0.115 e. The second kappa shape index (κ2) is 7.64. The summed E-state index contributed by atoms with van der Waals surface area (Å²) in [5.74, 6) is 4.71. The predicted octanol–water partition coefficient (Wildman–Crippen LogP) is 5.38. The molecule has 1 unspecified atom stereocenters. The van der Waals surface area contributed by atoms with Crippen molar-refractivity contribution in [1.82, 2.24) is 0 Å². The summed E-state index contributed by atoms with van der Waals surface area (Å²) in [4.78, 5) is 0. The van der Waals surface area contributed by atoms with Gasteiger partial charge in [0.2, 0.25) is 0 Å². The van der Waals surface area contributed by atoms with E-state index in [2.05, 4.69) is 109 Å². The maximum Gasteiger partial charge on any atom is 0.0366 e. The fourth-order valence-corrected chi connectivity index (χ4v) is 4.02. The first-order chi connectivity index (χ1) is 10.9. The minimum atomic E-state index is -0.465. The van der Waals surface area contributed by atoms with Gasteiger partial charge in [0, 0.05) is 6.16 Å². The Labute approximate surface area is 133 Å². The van der Waals surface area contributed by atoms with E-state index in [4.69, 9.17) is 0 Å². The fraction of sp³-hybridized carbons (Fsp3) is 0. The molecule has 1 atom stereocenters. The van der Waals surface area contributed by atoms with Crippen LogP contribution in [0, 0.1) is 6.16 Å². The molecule has 0 aromatic heterocycles. The van der Waals surface area contributed by atoms with E-state index in [1.165, 1.54) is 16.7 Å². The van der Waals surface area contributed by atoms with Crippen molar-refractivity contribution in [1.29, 1.82) is 0 Å². The number of benzene rings is 3. The number of rotatable bonds is 4. The van der Waals surface area contributed by atoms with Crippen molar-refractivity contribution in [3.05, 3.63) is 114 Å². The molecule has 0 aliphatic heterocycles. The second-order valence-corrected chi connectivity index (χ2v) is 6.74. The van der Waals surface area contributed by atoms with Crippen LogP contribution >= 0.6 is 7.17 Å². The first-order valence-electron chi connectivity index (χ1n) is 7.37. The summed E-state index contributed by atoms with van der Waals surface area (Å²) >= 11 is 0. The monoisotopic (exact) mass is 301 g/mol. The predicted molar refractivity (Wildman–Crippen MR) is 100.0 cm³/mol. The SMILES string of the molecule is [CH](c1ccccc1)/P(=C\c1ccccc1)=C/c1ccccc1. The van der Waals surface area contributed by atoms with Crippen LogP contribution in [0.1, 0.15) is 16.7 Å². The summed E-state index contributed by atoms with van der Waals surface area (Å²) in [5.41, 5.74) is 3.81. The molecule has 1 heteroatoms. The van der Waals surface area contributed by atoms with Crippen LogP contribution in [0.4, 0.5) is 0 Å². The maximum atomic E-state index is 2.36. The Hall–Kier alpha value is -2.30. The molecule has 0 N–H and O–H groups in total. The van der Waals surface area contributed by atoms with Crippen molar-refractivity contribution < 1.29 is 0 Å². The van der Waals surface area contributed by atoms with Crippen molar-refractivity contribution in [3.8, 4) is 0 Å². The highest BCUT2D eigenvalue weighted by atomic mass is 31.1. The minimum absolute atomic E-state index is 0.465. The highest BCUT2D eigenvalue weighted by Crippen LogP contribution is 2.22. The van der Waals surface area contributed by atoms with Gasteiger partial charge in [-0.05, 0) is 28.3 Å². The molecule has 107 valence electrons. The number of hydrogen-bond acceptors (Lipinski definition) is 0. The van der Waals surface area contributed by atoms with E-state index in [1.807, 2.05) is 0 Å². The third kappa shape index (κ3) is 4.35. The molecule has 0 saturated carbocycles. The van der Waals surface area contributed by atoms with Crippen LogP contribution in [0.15, 0.2) is 91.0 Å². The Bertz CT molecular complexity index is 734. The van der Waals surface area contributed by atoms with Gasteiger partial charge in [0.05, 0.1) is 0 Å². The highest BCUT2D eigenvalue weighted by Gasteiger charge is 1.94. The summed E-state index contributed by atoms with van der Waals surface area (Å²) in [6, 6.07) is 31.7. The van der Waals surface area contributed by atoms with Gasteiger partial charge in [-0.25, -0.2) is 0 Å². The van der Waals surface area contributed by atoms with Crippen LogP contribution in [0.3, 0.4) is 0 Å². The molecule has 0 aliphatic rings. The van der Waals surface area contributed by atoms with Crippen molar-refractivity contribution in [2.45, 2.75) is 0 Å². The molecular formula is C21H18P. The van der Waals surface area contributed by atoms with E-state index in [1.54, 1.807) is 0 Å². The van der Waals surface area contributed by atoms with E-state index in [0.29, 0.717) is 0 Å². The lowest BCUT2D eigenvalue weighted by atomic mass is 10.2. The molecular weight excluding hydrogens is 283 g/mol. The Morgan fingerprint density at radius 2 is 0.818 bits per heavy atom. The van der Waals surface area contributed by atoms with E-state index in [-0.39, 0.29) is 0 Å². The molecule has 0 amide bonds. The molecule has 3 aromatic rings. The van der Waals surface area contributed by atoms with Gasteiger partial charge in [0.1, 0.15) is 0 Å². The zero-order valence-electron chi connectivity index (χ0n) is 12.3. The molecule has 0 fully saturated rings. The maximum absolute atomic E-state index is 2.36. The summed E-state index contributed by atoms with van der Waals surface area (Å²) in [7, 11) is -0.465. The Morgan fingerprint density at radius 3 is 1.23 bits per heavy atom. The van der Waals surface area contributed by atoms with Gasteiger partial charge in [0.25, 0.3) is 0 Å². The lowest BCUT2D eigenvalue weighted by molar-refractivity contribution is 1.59. The molecule has 0 bridgehead atoms. The first-order valence-corrected chi connectivity index (χ1v) is 8.92. The van der Waals surface area contributed by atoms with Crippen LogP contribution in [0.5, 0.6) is 0 Å². The molecule has 0 heterocycles. The van der Waals surface area contributed by atoms with Crippen LogP contribution in [0.25, 0.3) is 0 Å². The fourth-order valence-electron chi connectivity index (χ4n) is 2.25. The Balaban J connectivity index is 1.99. The van der Waals surface area contributed by atoms with E-state index >= 15 is 0 Å². The molecule has 0 nitrogen and oxygen atoms in total. The van der Waals surface area contributed by atoms with Gasteiger partial charge in [0.15, 0.2) is 0 Å². The van der Waals surface area contributed by atoms with E-state index in [0.717, 1.165) is 0 Å². The smallest absolute Gasteiger partial charge is 0.0366 e. The quantitative estimate of drug-likeness (QED) is 0.568. The molecule has 22 heavy (non-hydrogen) atoms. The van der Waals surface area contributed by atoms with Gasteiger partial charge in [-0.15, -0.1) is 7.17 Å². The molecule has 0 saturated heterocycles. The Kier molecular flexibility index (Phi) is 5.08. The van der Waals surface area contributed by atoms with Gasteiger partial charge in [-0.1, -0.05) is 91.0 Å². The summed E-state index contributed by atoms with van der Waals surface area (Å²) in [5, 5.41) is 0. The third-order valence-electron chi connectivity index (χ3n) is 3.29. The zero-order valence-corrected chi connectivity index (χ0v) is 13.2. The van der Waals surface area contributed by atoms with Gasteiger partial charge < -0.3 is 0 Å². The van der Waals surface area contributed by atoms with Crippen LogP contribution in [-0.2, 0) is 0 Å². The second-order valence-electron chi connectivity index (χ2n) is 5.07. The molecule has 3 rings (SSSR count). The van der Waals surface area contributed by atoms with Gasteiger partial charge >= 0.3 is 0 Å². The molecule has 0 aliphatic carbocycles.